The molecule has 4 N–H and O–H groups in total. The summed E-state index contributed by atoms with van der Waals surface area (Å²) in [7, 11) is 0. The van der Waals surface area contributed by atoms with E-state index in [1.807, 2.05) is 6.92 Å². The van der Waals surface area contributed by atoms with Gasteiger partial charge >= 0.3 is 0 Å². The Morgan fingerprint density at radius 2 is 2.28 bits per heavy atom. The average Bonchev–Trinajstić information content (AvgIpc) is 2.34. The van der Waals surface area contributed by atoms with Gasteiger partial charge < -0.3 is 15.6 Å². The fourth-order valence-corrected chi connectivity index (χ4v) is 2.13. The highest BCUT2D eigenvalue weighted by Gasteiger charge is 2.35. The maximum Gasteiger partial charge on any atom is 0.217 e. The molecule has 6 heteroatoms. The Hall–Kier alpha value is -1.27. The molecule has 102 valence electrons. The van der Waals surface area contributed by atoms with Gasteiger partial charge in [-0.3, -0.25) is 14.9 Å². The van der Waals surface area contributed by atoms with Crippen LogP contribution in [-0.2, 0) is 14.4 Å². The number of carbonyl (C=O) groups excluding carboxylic acids is 3. The van der Waals surface area contributed by atoms with Gasteiger partial charge in [0, 0.05) is 6.42 Å². The van der Waals surface area contributed by atoms with Crippen LogP contribution < -0.4 is 11.1 Å². The molecular weight excluding hydrogens is 236 g/mol. The van der Waals surface area contributed by atoms with Crippen LogP contribution in [0.4, 0.5) is 0 Å². The van der Waals surface area contributed by atoms with Crippen molar-refractivity contribution >= 4 is 18.0 Å². The van der Waals surface area contributed by atoms with Crippen molar-refractivity contribution in [3.05, 3.63) is 0 Å². The van der Waals surface area contributed by atoms with Gasteiger partial charge in [-0.15, -0.1) is 0 Å². The molecule has 0 saturated heterocycles. The van der Waals surface area contributed by atoms with Crippen LogP contribution in [0.2, 0.25) is 0 Å². The van der Waals surface area contributed by atoms with E-state index in [0.29, 0.717) is 12.7 Å². The second-order valence-corrected chi connectivity index (χ2v) is 4.87. The fraction of sp³-hybridized carbons (Fsp3) is 0.750. The number of aldehydes is 1. The molecule has 3 unspecified atom stereocenters. The molecule has 1 amide bonds. The predicted octanol–water partition coefficient (Wildman–Crippen LogP) is -0.862. The number of carbonyl (C=O) groups is 3. The zero-order valence-electron chi connectivity index (χ0n) is 10.5. The Morgan fingerprint density at radius 1 is 1.61 bits per heavy atom. The maximum absolute atomic E-state index is 11.8. The molecule has 0 bridgehead atoms. The lowest BCUT2D eigenvalue weighted by Crippen LogP contribution is -2.52. The summed E-state index contributed by atoms with van der Waals surface area (Å²) in [5.74, 6) is -0.803. The molecule has 0 aromatic rings. The van der Waals surface area contributed by atoms with E-state index in [4.69, 9.17) is 5.73 Å². The highest BCUT2D eigenvalue weighted by atomic mass is 16.3. The molecule has 1 aliphatic rings. The number of hydrogen-bond acceptors (Lipinski definition) is 5. The van der Waals surface area contributed by atoms with E-state index >= 15 is 0 Å². The predicted molar refractivity (Wildman–Crippen MR) is 64.6 cm³/mol. The molecule has 0 spiro atoms. The summed E-state index contributed by atoms with van der Waals surface area (Å²) in [6.07, 6.45) is 1.38. The molecule has 0 radical (unpaired) electrons. The highest BCUT2D eigenvalue weighted by molar-refractivity contribution is 5.89. The molecule has 4 atom stereocenters. The van der Waals surface area contributed by atoms with Crippen molar-refractivity contribution in [3.8, 4) is 0 Å². The molecule has 6 nitrogen and oxygen atoms in total. The molecule has 18 heavy (non-hydrogen) atoms. The summed E-state index contributed by atoms with van der Waals surface area (Å²) >= 11 is 0. The minimum Gasteiger partial charge on any atom is -0.385 e. The largest absolute Gasteiger partial charge is 0.385 e. The molecule has 0 heterocycles. The number of rotatable bonds is 6. The standard InChI is InChI=1S/C12H20N2O4/c1-7-2-4-9(12(18)11(7)17)14-8(6-15)3-5-10(13)16/h6-9,11,14,17H,2-5H2,1H3,(H2,13,16)/t7?,8-,9?,11?/m1/s1. The van der Waals surface area contributed by atoms with Crippen LogP contribution in [0.5, 0.6) is 0 Å². The van der Waals surface area contributed by atoms with E-state index in [-0.39, 0.29) is 24.5 Å². The second kappa shape index (κ2) is 6.61. The van der Waals surface area contributed by atoms with E-state index < -0.39 is 24.1 Å². The number of aliphatic hydroxyl groups excluding tert-OH is 1. The number of amides is 1. The van der Waals surface area contributed by atoms with E-state index in [9.17, 15) is 19.5 Å². The van der Waals surface area contributed by atoms with Crippen LogP contribution >= 0.6 is 0 Å². The summed E-state index contributed by atoms with van der Waals surface area (Å²) in [4.78, 5) is 33.3. The van der Waals surface area contributed by atoms with Crippen LogP contribution in [-0.4, -0.2) is 41.3 Å². The van der Waals surface area contributed by atoms with Crippen molar-refractivity contribution in [3.63, 3.8) is 0 Å². The first-order valence-corrected chi connectivity index (χ1v) is 6.17. The number of nitrogens with two attached hydrogens (primary N) is 1. The topological polar surface area (TPSA) is 109 Å². The van der Waals surface area contributed by atoms with Crippen molar-refractivity contribution in [1.29, 1.82) is 0 Å². The van der Waals surface area contributed by atoms with Gasteiger partial charge in [0.05, 0.1) is 12.1 Å². The fourth-order valence-electron chi connectivity index (χ4n) is 2.13. The molecular formula is C12H20N2O4. The first kappa shape index (κ1) is 14.8. The van der Waals surface area contributed by atoms with Crippen LogP contribution in [0.15, 0.2) is 0 Å². The molecule has 1 rings (SSSR count). The smallest absolute Gasteiger partial charge is 0.217 e. The van der Waals surface area contributed by atoms with E-state index in [1.165, 1.54) is 0 Å². The number of ketones is 1. The number of hydrogen-bond donors (Lipinski definition) is 3. The van der Waals surface area contributed by atoms with E-state index in [1.54, 1.807) is 0 Å². The van der Waals surface area contributed by atoms with E-state index in [2.05, 4.69) is 5.32 Å². The molecule has 0 aromatic heterocycles. The lowest BCUT2D eigenvalue weighted by atomic mass is 9.83. The zero-order valence-corrected chi connectivity index (χ0v) is 10.5. The molecule has 1 fully saturated rings. The van der Waals surface area contributed by atoms with Gasteiger partial charge in [0.15, 0.2) is 5.78 Å². The average molecular weight is 256 g/mol. The zero-order chi connectivity index (χ0) is 13.7. The monoisotopic (exact) mass is 256 g/mol. The van der Waals surface area contributed by atoms with Gasteiger partial charge in [0.25, 0.3) is 0 Å². The number of primary amides is 1. The maximum atomic E-state index is 11.8. The normalized spacial score (nSPS) is 29.9. The minimum absolute atomic E-state index is 0.0455. The molecule has 0 aromatic carbocycles. The first-order chi connectivity index (χ1) is 8.45. The summed E-state index contributed by atoms with van der Waals surface area (Å²) in [6, 6.07) is -1.09. The van der Waals surface area contributed by atoms with Crippen molar-refractivity contribution in [2.24, 2.45) is 11.7 Å². The first-order valence-electron chi connectivity index (χ1n) is 6.17. The lowest BCUT2D eigenvalue weighted by Gasteiger charge is -2.31. The number of aliphatic hydroxyl groups is 1. The van der Waals surface area contributed by atoms with Crippen LogP contribution in [0.1, 0.15) is 32.6 Å². The van der Waals surface area contributed by atoms with Crippen LogP contribution in [0.25, 0.3) is 0 Å². The van der Waals surface area contributed by atoms with Gasteiger partial charge in [-0.1, -0.05) is 6.92 Å². The number of Topliss-reactive ketones (excluding diaryl/α,β-unsaturated/α-hetero) is 1. The summed E-state index contributed by atoms with van der Waals surface area (Å²) in [5.41, 5.74) is 5.01. The van der Waals surface area contributed by atoms with Crippen LogP contribution in [0.3, 0.4) is 0 Å². The van der Waals surface area contributed by atoms with Gasteiger partial charge in [0.1, 0.15) is 12.4 Å². The molecule has 1 aliphatic carbocycles. The molecule has 1 saturated carbocycles. The highest BCUT2D eigenvalue weighted by Crippen LogP contribution is 2.22. The molecule has 0 aliphatic heterocycles. The number of nitrogens with one attached hydrogen (secondary N) is 1. The lowest BCUT2D eigenvalue weighted by molar-refractivity contribution is -0.135. The summed E-state index contributed by atoms with van der Waals surface area (Å²) in [5, 5.41) is 12.5. The third-order valence-electron chi connectivity index (χ3n) is 3.37. The van der Waals surface area contributed by atoms with Crippen molar-refractivity contribution in [2.45, 2.75) is 50.8 Å². The van der Waals surface area contributed by atoms with Gasteiger partial charge in [0.2, 0.25) is 5.91 Å². The Bertz CT molecular complexity index is 332. The summed E-state index contributed by atoms with van der Waals surface area (Å²) < 4.78 is 0. The minimum atomic E-state index is -0.973. The van der Waals surface area contributed by atoms with E-state index in [0.717, 1.165) is 6.42 Å². The second-order valence-electron chi connectivity index (χ2n) is 4.87. The third-order valence-corrected chi connectivity index (χ3v) is 3.37. The third kappa shape index (κ3) is 3.89. The van der Waals surface area contributed by atoms with Gasteiger partial charge in [-0.05, 0) is 25.2 Å². The van der Waals surface area contributed by atoms with Crippen molar-refractivity contribution in [2.75, 3.05) is 0 Å². The van der Waals surface area contributed by atoms with Crippen LogP contribution in [0, 0.1) is 5.92 Å². The quantitative estimate of drug-likeness (QED) is 0.536. The van der Waals surface area contributed by atoms with Gasteiger partial charge in [-0.25, -0.2) is 0 Å². The Labute approximate surface area is 106 Å². The Kier molecular flexibility index (Phi) is 5.43. The Balaban J connectivity index is 2.51. The SMILES string of the molecule is CC1CCC(N[C@@H](C=O)CCC(N)=O)C(=O)C1O. The van der Waals surface area contributed by atoms with Gasteiger partial charge in [-0.2, -0.15) is 0 Å². The summed E-state index contributed by atoms with van der Waals surface area (Å²) in [6.45, 7) is 1.82. The van der Waals surface area contributed by atoms with Crippen molar-refractivity contribution < 1.29 is 19.5 Å². The Morgan fingerprint density at radius 3 is 2.83 bits per heavy atom. The van der Waals surface area contributed by atoms with Crippen molar-refractivity contribution in [1.82, 2.24) is 5.32 Å².